The Morgan fingerprint density at radius 2 is 2.31 bits per heavy atom. The molecule has 0 aliphatic rings. The molecule has 0 unspecified atom stereocenters. The average molecular weight is 174 g/mol. The summed E-state index contributed by atoms with van der Waals surface area (Å²) >= 11 is 0. The van der Waals surface area contributed by atoms with E-state index < -0.39 is 0 Å². The maximum absolute atomic E-state index is 5.45. The van der Waals surface area contributed by atoms with Crippen LogP contribution in [-0.2, 0) is 6.54 Å². The Hall–Kier alpha value is -1.68. The molecule has 0 saturated carbocycles. The lowest BCUT2D eigenvalue weighted by atomic mass is 10.4. The van der Waals surface area contributed by atoms with E-state index in [-0.39, 0.29) is 0 Å². The molecular weight excluding hydrogens is 164 g/mol. The number of hydrogen-bond acceptors (Lipinski definition) is 3. The second kappa shape index (κ2) is 3.37. The summed E-state index contributed by atoms with van der Waals surface area (Å²) < 4.78 is 1.76. The Morgan fingerprint density at radius 1 is 1.38 bits per heavy atom. The van der Waals surface area contributed by atoms with Gasteiger partial charge in [-0.15, -0.1) is 0 Å². The van der Waals surface area contributed by atoms with E-state index in [1.807, 2.05) is 24.4 Å². The van der Waals surface area contributed by atoms with Gasteiger partial charge in [-0.05, 0) is 18.2 Å². The molecule has 66 valence electrons. The monoisotopic (exact) mass is 174 g/mol. The molecule has 4 heteroatoms. The predicted octanol–water partition coefficient (Wildman–Crippen LogP) is 0.726. The van der Waals surface area contributed by atoms with E-state index in [4.69, 9.17) is 5.73 Å². The van der Waals surface area contributed by atoms with Crippen molar-refractivity contribution in [2.45, 2.75) is 6.54 Å². The quantitative estimate of drug-likeness (QED) is 0.730. The van der Waals surface area contributed by atoms with Crippen molar-refractivity contribution in [2.75, 3.05) is 0 Å². The number of nitrogens with two attached hydrogens (primary N) is 1. The van der Waals surface area contributed by atoms with Gasteiger partial charge in [0.15, 0.2) is 0 Å². The molecule has 0 fully saturated rings. The summed E-state index contributed by atoms with van der Waals surface area (Å²) in [4.78, 5) is 4.00. The summed E-state index contributed by atoms with van der Waals surface area (Å²) in [5.74, 6) is 0. The van der Waals surface area contributed by atoms with Gasteiger partial charge >= 0.3 is 0 Å². The van der Waals surface area contributed by atoms with Crippen LogP contribution in [0.3, 0.4) is 0 Å². The number of aromatic nitrogens is 3. The Balaban J connectivity index is 2.36. The third kappa shape index (κ3) is 1.57. The van der Waals surface area contributed by atoms with Gasteiger partial charge in [-0.3, -0.25) is 4.98 Å². The van der Waals surface area contributed by atoms with Crippen LogP contribution in [0.4, 0.5) is 0 Å². The van der Waals surface area contributed by atoms with Crippen molar-refractivity contribution in [3.63, 3.8) is 0 Å². The molecule has 4 nitrogen and oxygen atoms in total. The third-order valence-electron chi connectivity index (χ3n) is 1.76. The fraction of sp³-hybridized carbons (Fsp3) is 0.111. The molecule has 0 amide bonds. The maximum atomic E-state index is 5.45. The highest BCUT2D eigenvalue weighted by Crippen LogP contribution is 2.04. The van der Waals surface area contributed by atoms with E-state index >= 15 is 0 Å². The summed E-state index contributed by atoms with van der Waals surface area (Å²) in [7, 11) is 0. The molecule has 0 spiro atoms. The van der Waals surface area contributed by atoms with Gasteiger partial charge in [0, 0.05) is 18.9 Å². The van der Waals surface area contributed by atoms with Crippen LogP contribution in [-0.4, -0.2) is 14.8 Å². The van der Waals surface area contributed by atoms with Gasteiger partial charge in [-0.25, -0.2) is 4.68 Å². The Labute approximate surface area is 76.0 Å². The first kappa shape index (κ1) is 7.94. The largest absolute Gasteiger partial charge is 0.325 e. The minimum Gasteiger partial charge on any atom is -0.325 e. The van der Waals surface area contributed by atoms with Crippen molar-refractivity contribution in [3.05, 3.63) is 42.5 Å². The van der Waals surface area contributed by atoms with E-state index in [1.165, 1.54) is 0 Å². The molecule has 0 aliphatic heterocycles. The molecule has 2 rings (SSSR count). The zero-order valence-electron chi connectivity index (χ0n) is 7.09. The highest BCUT2D eigenvalue weighted by atomic mass is 15.3. The molecule has 0 atom stereocenters. The highest BCUT2D eigenvalue weighted by Gasteiger charge is 1.97. The smallest absolute Gasteiger partial charge is 0.0828 e. The Morgan fingerprint density at radius 3 is 2.92 bits per heavy atom. The minimum absolute atomic E-state index is 0.466. The molecule has 2 aromatic heterocycles. The summed E-state index contributed by atoms with van der Waals surface area (Å²) in [6.07, 6.45) is 5.36. The topological polar surface area (TPSA) is 56.7 Å². The van der Waals surface area contributed by atoms with Crippen LogP contribution in [0, 0.1) is 0 Å². The first-order valence-corrected chi connectivity index (χ1v) is 4.05. The van der Waals surface area contributed by atoms with Crippen LogP contribution in [0.5, 0.6) is 0 Å². The zero-order chi connectivity index (χ0) is 9.10. The summed E-state index contributed by atoms with van der Waals surface area (Å²) in [6.45, 7) is 0.466. The van der Waals surface area contributed by atoms with Gasteiger partial charge in [0.1, 0.15) is 0 Å². The summed E-state index contributed by atoms with van der Waals surface area (Å²) in [5, 5.41) is 4.25. The van der Waals surface area contributed by atoms with Gasteiger partial charge in [0.25, 0.3) is 0 Å². The number of hydrogen-bond donors (Lipinski definition) is 1. The maximum Gasteiger partial charge on any atom is 0.0828 e. The molecule has 2 heterocycles. The van der Waals surface area contributed by atoms with Gasteiger partial charge in [-0.2, -0.15) is 5.10 Å². The first-order valence-electron chi connectivity index (χ1n) is 4.05. The number of nitrogens with zero attached hydrogens (tertiary/aromatic N) is 3. The van der Waals surface area contributed by atoms with Crippen molar-refractivity contribution in [3.8, 4) is 5.69 Å². The SMILES string of the molecule is NCc1ccn(-c2cccnc2)n1. The standard InChI is InChI=1S/C9H10N4/c10-6-8-3-5-13(12-8)9-2-1-4-11-7-9/h1-5,7H,6,10H2. The van der Waals surface area contributed by atoms with Crippen LogP contribution >= 0.6 is 0 Å². The number of pyridine rings is 1. The molecule has 0 aromatic carbocycles. The van der Waals surface area contributed by atoms with Crippen LogP contribution in [0.25, 0.3) is 5.69 Å². The molecule has 2 N–H and O–H groups in total. The predicted molar refractivity (Wildman–Crippen MR) is 49.3 cm³/mol. The van der Waals surface area contributed by atoms with E-state index in [1.54, 1.807) is 17.1 Å². The highest BCUT2D eigenvalue weighted by molar-refractivity contribution is 5.26. The van der Waals surface area contributed by atoms with E-state index in [0.29, 0.717) is 6.54 Å². The van der Waals surface area contributed by atoms with Crippen molar-refractivity contribution < 1.29 is 0 Å². The van der Waals surface area contributed by atoms with Gasteiger partial charge in [0.05, 0.1) is 17.6 Å². The van der Waals surface area contributed by atoms with E-state index in [9.17, 15) is 0 Å². The normalized spacial score (nSPS) is 10.2. The first-order chi connectivity index (χ1) is 6.40. The van der Waals surface area contributed by atoms with Gasteiger partial charge in [-0.1, -0.05) is 0 Å². The lowest BCUT2D eigenvalue weighted by Crippen LogP contribution is -2.00. The van der Waals surface area contributed by atoms with Crippen molar-refractivity contribution in [1.29, 1.82) is 0 Å². The third-order valence-corrected chi connectivity index (χ3v) is 1.76. The molecular formula is C9H10N4. The second-order valence-electron chi connectivity index (χ2n) is 2.67. The fourth-order valence-electron chi connectivity index (χ4n) is 1.10. The van der Waals surface area contributed by atoms with Gasteiger partial charge in [0.2, 0.25) is 0 Å². The molecule has 0 aliphatic carbocycles. The Kier molecular flexibility index (Phi) is 2.06. The number of rotatable bonds is 2. The van der Waals surface area contributed by atoms with Crippen molar-refractivity contribution >= 4 is 0 Å². The van der Waals surface area contributed by atoms with Crippen LogP contribution in [0.1, 0.15) is 5.69 Å². The van der Waals surface area contributed by atoms with Crippen LogP contribution in [0.2, 0.25) is 0 Å². The van der Waals surface area contributed by atoms with E-state index in [2.05, 4.69) is 10.1 Å². The zero-order valence-corrected chi connectivity index (χ0v) is 7.09. The van der Waals surface area contributed by atoms with Crippen molar-refractivity contribution in [1.82, 2.24) is 14.8 Å². The molecule has 0 saturated heterocycles. The fourth-order valence-corrected chi connectivity index (χ4v) is 1.10. The lowest BCUT2D eigenvalue weighted by molar-refractivity contribution is 0.829. The lowest BCUT2D eigenvalue weighted by Gasteiger charge is -1.98. The second-order valence-corrected chi connectivity index (χ2v) is 2.67. The summed E-state index contributed by atoms with van der Waals surface area (Å²) in [5.41, 5.74) is 7.27. The van der Waals surface area contributed by atoms with Gasteiger partial charge < -0.3 is 5.73 Å². The van der Waals surface area contributed by atoms with E-state index in [0.717, 1.165) is 11.4 Å². The molecule has 13 heavy (non-hydrogen) atoms. The molecule has 0 bridgehead atoms. The Bertz CT molecular complexity index is 380. The van der Waals surface area contributed by atoms with Crippen molar-refractivity contribution in [2.24, 2.45) is 5.73 Å². The average Bonchev–Trinajstić information content (AvgIpc) is 2.67. The minimum atomic E-state index is 0.466. The molecule has 2 aromatic rings. The van der Waals surface area contributed by atoms with Crippen LogP contribution < -0.4 is 5.73 Å². The van der Waals surface area contributed by atoms with Crippen LogP contribution in [0.15, 0.2) is 36.8 Å². The summed E-state index contributed by atoms with van der Waals surface area (Å²) in [6, 6.07) is 5.71. The molecule has 0 radical (unpaired) electrons.